The van der Waals surface area contributed by atoms with Gasteiger partial charge in [0.2, 0.25) is 0 Å². The van der Waals surface area contributed by atoms with Gasteiger partial charge in [0, 0.05) is 37.1 Å². The first-order valence-corrected chi connectivity index (χ1v) is 10.7. The van der Waals surface area contributed by atoms with Crippen LogP contribution in [0.25, 0.3) is 10.9 Å². The standard InChI is InChI=1S/C23H33N3O2/c1-17-14-25(15-18(2)28-17)10-7-19-8-11-26(12-9-19)23-21(16-27)13-20-5-3-4-6-22(20)24-23/h3-6,13,17-19,27H,7-12,14-16H2,1-2H3. The third kappa shape index (κ3) is 4.48. The summed E-state index contributed by atoms with van der Waals surface area (Å²) in [6.45, 7) is 9.75. The number of rotatable bonds is 5. The van der Waals surface area contributed by atoms with Crippen LogP contribution < -0.4 is 4.90 Å². The van der Waals surface area contributed by atoms with Crippen molar-refractivity contribution < 1.29 is 9.84 Å². The van der Waals surface area contributed by atoms with E-state index in [0.29, 0.717) is 12.2 Å². The van der Waals surface area contributed by atoms with Crippen LogP contribution >= 0.6 is 0 Å². The molecule has 0 radical (unpaired) electrons. The Labute approximate surface area is 168 Å². The van der Waals surface area contributed by atoms with E-state index >= 15 is 0 Å². The molecule has 28 heavy (non-hydrogen) atoms. The number of morpholine rings is 1. The van der Waals surface area contributed by atoms with Gasteiger partial charge in [0.05, 0.1) is 24.3 Å². The molecule has 0 saturated carbocycles. The summed E-state index contributed by atoms with van der Waals surface area (Å²) < 4.78 is 5.85. The Morgan fingerprint density at radius 2 is 1.82 bits per heavy atom. The molecule has 0 amide bonds. The van der Waals surface area contributed by atoms with Crippen molar-refractivity contribution in [1.29, 1.82) is 0 Å². The van der Waals surface area contributed by atoms with E-state index in [1.807, 2.05) is 12.1 Å². The highest BCUT2D eigenvalue weighted by atomic mass is 16.5. The van der Waals surface area contributed by atoms with Gasteiger partial charge in [-0.1, -0.05) is 18.2 Å². The lowest BCUT2D eigenvalue weighted by atomic mass is 9.93. The number of fused-ring (bicyclic) bond motifs is 1. The van der Waals surface area contributed by atoms with Crippen LogP contribution in [0.3, 0.4) is 0 Å². The number of aromatic nitrogens is 1. The minimum absolute atomic E-state index is 0.0422. The number of para-hydroxylation sites is 1. The molecule has 0 bridgehead atoms. The second kappa shape index (κ2) is 8.76. The first-order chi connectivity index (χ1) is 13.6. The number of pyridine rings is 1. The van der Waals surface area contributed by atoms with Crippen LogP contribution in [0.5, 0.6) is 0 Å². The normalized spacial score (nSPS) is 24.8. The highest BCUT2D eigenvalue weighted by molar-refractivity contribution is 5.81. The number of hydrogen-bond donors (Lipinski definition) is 1. The summed E-state index contributed by atoms with van der Waals surface area (Å²) in [4.78, 5) is 9.81. The highest BCUT2D eigenvalue weighted by Gasteiger charge is 2.25. The number of piperidine rings is 1. The minimum atomic E-state index is 0.0422. The Balaban J connectivity index is 1.34. The largest absolute Gasteiger partial charge is 0.392 e. The van der Waals surface area contributed by atoms with Crippen LogP contribution in [0.4, 0.5) is 5.82 Å². The fourth-order valence-corrected chi connectivity index (χ4v) is 4.81. The molecule has 152 valence electrons. The summed E-state index contributed by atoms with van der Waals surface area (Å²) in [5.74, 6) is 1.75. The summed E-state index contributed by atoms with van der Waals surface area (Å²) >= 11 is 0. The number of aliphatic hydroxyl groups is 1. The summed E-state index contributed by atoms with van der Waals surface area (Å²) in [5.41, 5.74) is 1.95. The molecular formula is C23H33N3O2. The molecular weight excluding hydrogens is 350 g/mol. The Bertz CT molecular complexity index is 779. The van der Waals surface area contributed by atoms with E-state index in [2.05, 4.69) is 41.8 Å². The van der Waals surface area contributed by atoms with Crippen molar-refractivity contribution in [3.05, 3.63) is 35.9 Å². The predicted molar refractivity (Wildman–Crippen MR) is 114 cm³/mol. The van der Waals surface area contributed by atoms with Gasteiger partial charge in [0.15, 0.2) is 0 Å². The lowest BCUT2D eigenvalue weighted by Gasteiger charge is -2.37. The third-order valence-electron chi connectivity index (χ3n) is 6.21. The summed E-state index contributed by atoms with van der Waals surface area (Å²) in [7, 11) is 0. The molecule has 1 aromatic heterocycles. The SMILES string of the molecule is CC1CN(CCC2CCN(c3nc4ccccc4cc3CO)CC2)CC(C)O1. The van der Waals surface area contributed by atoms with E-state index in [1.165, 1.54) is 25.8 Å². The topological polar surface area (TPSA) is 48.8 Å². The molecule has 3 heterocycles. The van der Waals surface area contributed by atoms with Crippen molar-refractivity contribution >= 4 is 16.7 Å². The van der Waals surface area contributed by atoms with Crippen LogP contribution in [-0.4, -0.2) is 59.9 Å². The van der Waals surface area contributed by atoms with E-state index < -0.39 is 0 Å². The molecule has 2 saturated heterocycles. The van der Waals surface area contributed by atoms with Crippen LogP contribution in [0, 0.1) is 5.92 Å². The van der Waals surface area contributed by atoms with Crippen LogP contribution in [-0.2, 0) is 11.3 Å². The molecule has 2 atom stereocenters. The molecule has 1 aromatic carbocycles. The van der Waals surface area contributed by atoms with Crippen molar-refractivity contribution in [2.24, 2.45) is 5.92 Å². The molecule has 2 aliphatic heterocycles. The van der Waals surface area contributed by atoms with Gasteiger partial charge < -0.3 is 14.7 Å². The van der Waals surface area contributed by atoms with E-state index in [-0.39, 0.29) is 6.61 Å². The monoisotopic (exact) mass is 383 g/mol. The van der Waals surface area contributed by atoms with E-state index in [4.69, 9.17) is 9.72 Å². The molecule has 2 fully saturated rings. The maximum atomic E-state index is 9.85. The Morgan fingerprint density at radius 3 is 2.54 bits per heavy atom. The highest BCUT2D eigenvalue weighted by Crippen LogP contribution is 2.29. The van der Waals surface area contributed by atoms with Gasteiger partial charge in [0.25, 0.3) is 0 Å². The molecule has 0 spiro atoms. The number of anilines is 1. The molecule has 4 rings (SSSR count). The third-order valence-corrected chi connectivity index (χ3v) is 6.21. The molecule has 5 nitrogen and oxygen atoms in total. The van der Waals surface area contributed by atoms with Gasteiger partial charge in [-0.05, 0) is 57.7 Å². The maximum Gasteiger partial charge on any atom is 0.134 e. The lowest BCUT2D eigenvalue weighted by Crippen LogP contribution is -2.46. The lowest BCUT2D eigenvalue weighted by molar-refractivity contribution is -0.0690. The average molecular weight is 384 g/mol. The zero-order chi connectivity index (χ0) is 19.5. The minimum Gasteiger partial charge on any atom is -0.392 e. The number of nitrogens with zero attached hydrogens (tertiary/aromatic N) is 3. The van der Waals surface area contributed by atoms with Crippen LogP contribution in [0.1, 0.15) is 38.7 Å². The molecule has 5 heteroatoms. The van der Waals surface area contributed by atoms with Crippen LogP contribution in [0.15, 0.2) is 30.3 Å². The summed E-state index contributed by atoms with van der Waals surface area (Å²) in [5, 5.41) is 10.9. The summed E-state index contributed by atoms with van der Waals surface area (Å²) in [6, 6.07) is 10.2. The second-order valence-corrected chi connectivity index (χ2v) is 8.56. The first-order valence-electron chi connectivity index (χ1n) is 10.7. The van der Waals surface area contributed by atoms with Crippen molar-refractivity contribution in [2.75, 3.05) is 37.6 Å². The Kier molecular flexibility index (Phi) is 6.14. The van der Waals surface area contributed by atoms with Gasteiger partial charge in [-0.3, -0.25) is 4.90 Å². The van der Waals surface area contributed by atoms with Gasteiger partial charge in [-0.25, -0.2) is 4.98 Å². The van der Waals surface area contributed by atoms with Crippen LogP contribution in [0.2, 0.25) is 0 Å². The van der Waals surface area contributed by atoms with E-state index in [9.17, 15) is 5.11 Å². The first kappa shape index (κ1) is 19.6. The van der Waals surface area contributed by atoms with E-state index in [1.54, 1.807) is 0 Å². The molecule has 2 unspecified atom stereocenters. The fourth-order valence-electron chi connectivity index (χ4n) is 4.81. The van der Waals surface area contributed by atoms with Crippen molar-refractivity contribution in [3.8, 4) is 0 Å². The molecule has 2 aliphatic rings. The van der Waals surface area contributed by atoms with Crippen molar-refractivity contribution in [2.45, 2.75) is 51.9 Å². The number of aliphatic hydroxyl groups excluding tert-OH is 1. The van der Waals surface area contributed by atoms with Gasteiger partial charge >= 0.3 is 0 Å². The maximum absolute atomic E-state index is 9.85. The molecule has 2 aromatic rings. The molecule has 0 aliphatic carbocycles. The predicted octanol–water partition coefficient (Wildman–Crippen LogP) is 3.44. The fraction of sp³-hybridized carbons (Fsp3) is 0.609. The van der Waals surface area contributed by atoms with Crippen molar-refractivity contribution in [3.63, 3.8) is 0 Å². The Hall–Kier alpha value is -1.69. The average Bonchev–Trinajstić information content (AvgIpc) is 2.71. The quantitative estimate of drug-likeness (QED) is 0.857. The second-order valence-electron chi connectivity index (χ2n) is 8.56. The molecule has 1 N–H and O–H groups in total. The van der Waals surface area contributed by atoms with E-state index in [0.717, 1.165) is 54.4 Å². The summed E-state index contributed by atoms with van der Waals surface area (Å²) in [6.07, 6.45) is 4.37. The zero-order valence-corrected chi connectivity index (χ0v) is 17.2. The number of ether oxygens (including phenoxy) is 1. The number of hydrogen-bond acceptors (Lipinski definition) is 5. The van der Waals surface area contributed by atoms with Gasteiger partial charge in [-0.2, -0.15) is 0 Å². The zero-order valence-electron chi connectivity index (χ0n) is 17.2. The van der Waals surface area contributed by atoms with Crippen molar-refractivity contribution in [1.82, 2.24) is 9.88 Å². The van der Waals surface area contributed by atoms with Gasteiger partial charge in [-0.15, -0.1) is 0 Å². The Morgan fingerprint density at radius 1 is 1.11 bits per heavy atom. The van der Waals surface area contributed by atoms with Gasteiger partial charge in [0.1, 0.15) is 5.82 Å². The smallest absolute Gasteiger partial charge is 0.134 e. The number of benzene rings is 1.